The van der Waals surface area contributed by atoms with Crippen molar-refractivity contribution in [3.63, 3.8) is 0 Å². The van der Waals surface area contributed by atoms with Crippen LogP contribution in [0.5, 0.6) is 0 Å². The highest BCUT2D eigenvalue weighted by Gasteiger charge is 2.18. The van der Waals surface area contributed by atoms with Gasteiger partial charge in [-0.2, -0.15) is 11.8 Å². The lowest BCUT2D eigenvalue weighted by Gasteiger charge is -2.11. The van der Waals surface area contributed by atoms with Crippen molar-refractivity contribution in [3.8, 4) is 0 Å². The number of rotatable bonds is 9. The number of methoxy groups -OCH3 is 2. The van der Waals surface area contributed by atoms with E-state index in [1.54, 1.807) is 11.8 Å². The van der Waals surface area contributed by atoms with Gasteiger partial charge in [0, 0.05) is 11.8 Å². The summed E-state index contributed by atoms with van der Waals surface area (Å²) in [6.07, 6.45) is 0. The van der Waals surface area contributed by atoms with Gasteiger partial charge in [0.05, 0.1) is 42.5 Å². The van der Waals surface area contributed by atoms with Crippen molar-refractivity contribution in [1.82, 2.24) is 9.97 Å². The molecule has 2 rings (SSSR count). The second-order valence-electron chi connectivity index (χ2n) is 6.48. The molecular weight excluding hydrogens is 442 g/mol. The molecule has 11 heteroatoms. The fraction of sp³-hybridized carbons (Fsp3) is 0.350. The lowest BCUT2D eigenvalue weighted by atomic mass is 10.1. The maximum Gasteiger partial charge on any atom is 0.339 e. The van der Waals surface area contributed by atoms with E-state index < -0.39 is 17.8 Å². The SMILES string of the molecule is COC(=O)c1ccc(C(=O)OC)c(NC(=O)CSc2nc(CSC(C)C)cc(=O)[nH]2)c1. The predicted molar refractivity (Wildman–Crippen MR) is 120 cm³/mol. The minimum absolute atomic E-state index is 0.0766. The number of nitrogens with zero attached hydrogens (tertiary/aromatic N) is 1. The van der Waals surface area contributed by atoms with Crippen LogP contribution in [0.4, 0.5) is 5.69 Å². The van der Waals surface area contributed by atoms with Crippen LogP contribution in [0.1, 0.15) is 40.3 Å². The van der Waals surface area contributed by atoms with Gasteiger partial charge in [-0.25, -0.2) is 14.6 Å². The van der Waals surface area contributed by atoms with Crippen LogP contribution in [0.3, 0.4) is 0 Å². The molecule has 2 aromatic rings. The lowest BCUT2D eigenvalue weighted by Crippen LogP contribution is -2.18. The largest absolute Gasteiger partial charge is 0.465 e. The van der Waals surface area contributed by atoms with Crippen LogP contribution in [0.2, 0.25) is 0 Å². The molecule has 0 aliphatic heterocycles. The summed E-state index contributed by atoms with van der Waals surface area (Å²) in [6, 6.07) is 5.54. The number of amides is 1. The van der Waals surface area contributed by atoms with E-state index >= 15 is 0 Å². The molecular formula is C20H23N3O6S2. The second kappa shape index (κ2) is 11.6. The Balaban J connectivity index is 2.13. The van der Waals surface area contributed by atoms with Gasteiger partial charge in [0.1, 0.15) is 0 Å². The molecule has 0 unspecified atom stereocenters. The van der Waals surface area contributed by atoms with Gasteiger partial charge in [0.15, 0.2) is 5.16 Å². The molecule has 0 radical (unpaired) electrons. The number of aromatic amines is 1. The minimum Gasteiger partial charge on any atom is -0.465 e. The molecule has 0 bridgehead atoms. The number of H-pyrrole nitrogens is 1. The first-order valence-corrected chi connectivity index (χ1v) is 11.2. The number of hydrogen-bond donors (Lipinski definition) is 2. The van der Waals surface area contributed by atoms with Crippen molar-refractivity contribution in [3.05, 3.63) is 51.4 Å². The summed E-state index contributed by atoms with van der Waals surface area (Å²) in [6.45, 7) is 4.10. The molecule has 0 spiro atoms. The Bertz CT molecular complexity index is 1020. The van der Waals surface area contributed by atoms with E-state index in [1.165, 1.54) is 38.5 Å². The Morgan fingerprint density at radius 1 is 1.13 bits per heavy atom. The predicted octanol–water partition coefficient (Wildman–Crippen LogP) is 2.72. The molecule has 0 fully saturated rings. The van der Waals surface area contributed by atoms with Crippen LogP contribution in [0.25, 0.3) is 0 Å². The average molecular weight is 466 g/mol. The van der Waals surface area contributed by atoms with Gasteiger partial charge in [-0.3, -0.25) is 9.59 Å². The van der Waals surface area contributed by atoms with Gasteiger partial charge >= 0.3 is 11.9 Å². The van der Waals surface area contributed by atoms with Crippen LogP contribution in [0.15, 0.2) is 34.2 Å². The van der Waals surface area contributed by atoms with Gasteiger partial charge in [0.2, 0.25) is 5.91 Å². The lowest BCUT2D eigenvalue weighted by molar-refractivity contribution is -0.113. The first-order valence-electron chi connectivity index (χ1n) is 9.18. The third-order valence-corrected chi connectivity index (χ3v) is 5.80. The molecule has 31 heavy (non-hydrogen) atoms. The van der Waals surface area contributed by atoms with E-state index in [0.29, 0.717) is 21.9 Å². The van der Waals surface area contributed by atoms with Crippen molar-refractivity contribution >= 4 is 47.1 Å². The van der Waals surface area contributed by atoms with E-state index in [9.17, 15) is 19.2 Å². The summed E-state index contributed by atoms with van der Waals surface area (Å²) < 4.78 is 9.39. The number of hydrogen-bond acceptors (Lipinski definition) is 9. The van der Waals surface area contributed by atoms with Gasteiger partial charge in [0.25, 0.3) is 5.56 Å². The number of carbonyl (C=O) groups excluding carboxylic acids is 3. The van der Waals surface area contributed by atoms with Crippen molar-refractivity contribution in [2.45, 2.75) is 30.0 Å². The van der Waals surface area contributed by atoms with Gasteiger partial charge in [-0.15, -0.1) is 0 Å². The Hall–Kier alpha value is -2.79. The molecule has 0 saturated heterocycles. The molecule has 1 amide bonds. The molecule has 166 valence electrons. The first kappa shape index (κ1) is 24.5. The zero-order valence-electron chi connectivity index (χ0n) is 17.5. The second-order valence-corrected chi connectivity index (χ2v) is 9.01. The quantitative estimate of drug-likeness (QED) is 0.326. The highest BCUT2D eigenvalue weighted by molar-refractivity contribution is 7.99. The third kappa shape index (κ3) is 7.44. The van der Waals surface area contributed by atoms with E-state index in [0.717, 1.165) is 11.8 Å². The topological polar surface area (TPSA) is 127 Å². The van der Waals surface area contributed by atoms with Gasteiger partial charge in [-0.1, -0.05) is 25.6 Å². The smallest absolute Gasteiger partial charge is 0.339 e. The molecule has 1 heterocycles. The molecule has 0 saturated carbocycles. The summed E-state index contributed by atoms with van der Waals surface area (Å²) in [5.74, 6) is -1.22. The zero-order valence-corrected chi connectivity index (χ0v) is 19.1. The summed E-state index contributed by atoms with van der Waals surface area (Å²) in [5.41, 5.74) is 0.705. The molecule has 0 atom stereocenters. The highest BCUT2D eigenvalue weighted by atomic mass is 32.2. The number of aromatic nitrogens is 2. The summed E-state index contributed by atoms with van der Waals surface area (Å²) in [4.78, 5) is 55.0. The fourth-order valence-electron chi connectivity index (χ4n) is 2.38. The Morgan fingerprint density at radius 3 is 2.48 bits per heavy atom. The normalized spacial score (nSPS) is 10.6. The first-order chi connectivity index (χ1) is 14.7. The number of ether oxygens (including phenoxy) is 2. The van der Waals surface area contributed by atoms with Gasteiger partial charge < -0.3 is 19.8 Å². The standard InChI is InChI=1S/C20H23N3O6S2/c1-11(2)30-9-13-8-16(24)23-20(21-13)31-10-17(25)22-15-7-12(18(26)28-3)5-6-14(15)19(27)29-4/h5-8,11H,9-10H2,1-4H3,(H,22,25)(H,21,23,24). The van der Waals surface area contributed by atoms with E-state index in [-0.39, 0.29) is 28.1 Å². The molecule has 1 aromatic heterocycles. The number of nitrogens with one attached hydrogen (secondary N) is 2. The third-order valence-electron chi connectivity index (χ3n) is 3.80. The zero-order chi connectivity index (χ0) is 23.0. The maximum absolute atomic E-state index is 12.5. The van der Waals surface area contributed by atoms with Crippen LogP contribution in [0, 0.1) is 0 Å². The van der Waals surface area contributed by atoms with E-state index in [2.05, 4.69) is 33.9 Å². The van der Waals surface area contributed by atoms with Crippen LogP contribution in [-0.4, -0.2) is 53.0 Å². The minimum atomic E-state index is -0.666. The number of carbonyl (C=O) groups is 3. The van der Waals surface area contributed by atoms with Crippen molar-refractivity contribution in [2.24, 2.45) is 0 Å². The highest BCUT2D eigenvalue weighted by Crippen LogP contribution is 2.21. The summed E-state index contributed by atoms with van der Waals surface area (Å²) >= 11 is 2.70. The summed E-state index contributed by atoms with van der Waals surface area (Å²) in [5, 5.41) is 3.31. The van der Waals surface area contributed by atoms with Crippen molar-refractivity contribution in [2.75, 3.05) is 25.3 Å². The Kier molecular flexibility index (Phi) is 9.13. The number of anilines is 1. The molecule has 0 aliphatic rings. The van der Waals surface area contributed by atoms with Crippen LogP contribution < -0.4 is 10.9 Å². The fourth-order valence-corrected chi connectivity index (χ4v) is 3.72. The van der Waals surface area contributed by atoms with Crippen LogP contribution in [-0.2, 0) is 20.0 Å². The summed E-state index contributed by atoms with van der Waals surface area (Å²) in [7, 11) is 2.44. The average Bonchev–Trinajstić information content (AvgIpc) is 2.74. The molecule has 9 nitrogen and oxygen atoms in total. The van der Waals surface area contributed by atoms with Crippen LogP contribution >= 0.6 is 23.5 Å². The van der Waals surface area contributed by atoms with E-state index in [1.807, 2.05) is 0 Å². The molecule has 0 aliphatic carbocycles. The van der Waals surface area contributed by atoms with E-state index in [4.69, 9.17) is 4.74 Å². The number of esters is 2. The number of benzene rings is 1. The Labute approximate surface area is 187 Å². The monoisotopic (exact) mass is 465 g/mol. The maximum atomic E-state index is 12.5. The van der Waals surface area contributed by atoms with Crippen molar-refractivity contribution in [1.29, 1.82) is 0 Å². The van der Waals surface area contributed by atoms with Gasteiger partial charge in [-0.05, 0) is 23.4 Å². The number of thioether (sulfide) groups is 2. The molecule has 1 aromatic carbocycles. The van der Waals surface area contributed by atoms with Crippen molar-refractivity contribution < 1.29 is 23.9 Å². The molecule has 2 N–H and O–H groups in total. The Morgan fingerprint density at radius 2 is 1.84 bits per heavy atom.